The highest BCUT2D eigenvalue weighted by molar-refractivity contribution is 5.30. The number of β-amino-alcohol motifs (C(OH)–C–C–N with tert-alkyl or cyclic N) is 1. The zero-order chi connectivity index (χ0) is 19.0. The highest BCUT2D eigenvalue weighted by Gasteiger charge is 2.32. The fourth-order valence-corrected chi connectivity index (χ4v) is 4.30. The first-order valence-electron chi connectivity index (χ1n) is 9.99. The second kappa shape index (κ2) is 7.34. The Kier molecular flexibility index (Phi) is 5.05. The molecule has 1 saturated carbocycles. The van der Waals surface area contributed by atoms with Gasteiger partial charge in [0.1, 0.15) is 0 Å². The maximum Gasteiger partial charge on any atom is 0.153 e. The molecule has 6 nitrogen and oxygen atoms in total. The van der Waals surface area contributed by atoms with Crippen LogP contribution in [0.5, 0.6) is 0 Å². The predicted octanol–water partition coefficient (Wildman–Crippen LogP) is 2.11. The minimum absolute atomic E-state index is 0.111. The lowest BCUT2D eigenvalue weighted by atomic mass is 9.87. The molecule has 1 atom stereocenters. The Morgan fingerprint density at radius 1 is 1.33 bits per heavy atom. The van der Waals surface area contributed by atoms with E-state index in [4.69, 9.17) is 0 Å². The molecule has 2 aromatic heterocycles. The van der Waals surface area contributed by atoms with Gasteiger partial charge in [0, 0.05) is 44.0 Å². The second-order valence-corrected chi connectivity index (χ2v) is 9.05. The second-order valence-electron chi connectivity index (χ2n) is 9.05. The van der Waals surface area contributed by atoms with Crippen molar-refractivity contribution in [1.82, 2.24) is 24.6 Å². The lowest BCUT2D eigenvalue weighted by Gasteiger charge is -2.32. The van der Waals surface area contributed by atoms with E-state index >= 15 is 0 Å². The Morgan fingerprint density at radius 3 is 2.85 bits per heavy atom. The monoisotopic (exact) mass is 369 g/mol. The normalized spacial score (nSPS) is 21.1. The van der Waals surface area contributed by atoms with Gasteiger partial charge in [-0.1, -0.05) is 19.9 Å². The van der Waals surface area contributed by atoms with Crippen molar-refractivity contribution < 1.29 is 5.11 Å². The number of fused-ring (bicyclic) bond motifs is 1. The molecular formula is C21H31N5O. The summed E-state index contributed by atoms with van der Waals surface area (Å²) in [5.41, 5.74) is 2.60. The van der Waals surface area contributed by atoms with Crippen LogP contribution in [-0.2, 0) is 13.0 Å². The summed E-state index contributed by atoms with van der Waals surface area (Å²) < 4.78 is 1.98. The number of aromatic nitrogens is 3. The standard InChI is InChI=1S/C21H31N5O/c1-21(2)10-19-16(11-23-26(19)20-6-4-5-9-22-20)12-25(15-21)14-18(27)13-24(3)17-7-8-17/h4-6,9,11,17-18,27H,7-8,10,12-15H2,1-3H3. The molecule has 1 N–H and O–H groups in total. The van der Waals surface area contributed by atoms with Gasteiger partial charge in [-0.15, -0.1) is 0 Å². The molecule has 0 spiro atoms. The van der Waals surface area contributed by atoms with E-state index in [1.807, 2.05) is 35.3 Å². The first-order chi connectivity index (χ1) is 12.9. The molecule has 2 aromatic rings. The molecule has 27 heavy (non-hydrogen) atoms. The van der Waals surface area contributed by atoms with Gasteiger partial charge in [0.05, 0.1) is 18.0 Å². The van der Waals surface area contributed by atoms with Gasteiger partial charge in [0.25, 0.3) is 0 Å². The molecule has 6 heteroatoms. The summed E-state index contributed by atoms with van der Waals surface area (Å²) in [6.45, 7) is 7.85. The number of hydrogen-bond donors (Lipinski definition) is 1. The van der Waals surface area contributed by atoms with Gasteiger partial charge in [-0.25, -0.2) is 9.67 Å². The summed E-state index contributed by atoms with van der Waals surface area (Å²) in [7, 11) is 2.13. The lowest BCUT2D eigenvalue weighted by Crippen LogP contribution is -2.42. The fourth-order valence-electron chi connectivity index (χ4n) is 4.30. The molecule has 0 radical (unpaired) electrons. The van der Waals surface area contributed by atoms with Crippen LogP contribution in [0.1, 0.15) is 37.9 Å². The van der Waals surface area contributed by atoms with Crippen LogP contribution >= 0.6 is 0 Å². The number of hydrogen-bond acceptors (Lipinski definition) is 5. The molecule has 0 amide bonds. The van der Waals surface area contributed by atoms with Crippen molar-refractivity contribution in [3.05, 3.63) is 41.9 Å². The quantitative estimate of drug-likeness (QED) is 0.845. The molecule has 1 unspecified atom stereocenters. The van der Waals surface area contributed by atoms with Crippen LogP contribution in [0.15, 0.2) is 30.6 Å². The Balaban J connectivity index is 1.51. The van der Waals surface area contributed by atoms with Gasteiger partial charge < -0.3 is 10.0 Å². The number of aliphatic hydroxyl groups excluding tert-OH is 1. The smallest absolute Gasteiger partial charge is 0.153 e. The molecule has 2 aliphatic rings. The van der Waals surface area contributed by atoms with Crippen LogP contribution in [0.25, 0.3) is 5.82 Å². The van der Waals surface area contributed by atoms with Crippen LogP contribution in [0.4, 0.5) is 0 Å². The molecular weight excluding hydrogens is 338 g/mol. The summed E-state index contributed by atoms with van der Waals surface area (Å²) in [6.07, 6.45) is 6.96. The molecule has 146 valence electrons. The summed E-state index contributed by atoms with van der Waals surface area (Å²) in [5, 5.41) is 15.3. The van der Waals surface area contributed by atoms with Crippen molar-refractivity contribution in [2.75, 3.05) is 26.7 Å². The van der Waals surface area contributed by atoms with E-state index in [-0.39, 0.29) is 11.5 Å². The van der Waals surface area contributed by atoms with Gasteiger partial charge in [-0.3, -0.25) is 4.90 Å². The van der Waals surface area contributed by atoms with Crippen LogP contribution in [0.2, 0.25) is 0 Å². The summed E-state index contributed by atoms with van der Waals surface area (Å²) in [5.74, 6) is 0.870. The van der Waals surface area contributed by atoms with Crippen LogP contribution in [-0.4, -0.2) is 68.5 Å². The third kappa shape index (κ3) is 4.39. The largest absolute Gasteiger partial charge is 0.390 e. The van der Waals surface area contributed by atoms with Gasteiger partial charge in [-0.05, 0) is 43.9 Å². The molecule has 1 fully saturated rings. The van der Waals surface area contributed by atoms with E-state index in [9.17, 15) is 5.11 Å². The predicted molar refractivity (Wildman–Crippen MR) is 106 cm³/mol. The topological polar surface area (TPSA) is 57.4 Å². The lowest BCUT2D eigenvalue weighted by molar-refractivity contribution is 0.0630. The molecule has 0 aromatic carbocycles. The minimum atomic E-state index is -0.321. The molecule has 0 saturated heterocycles. The van der Waals surface area contributed by atoms with E-state index in [0.29, 0.717) is 12.6 Å². The van der Waals surface area contributed by atoms with E-state index in [1.165, 1.54) is 24.1 Å². The van der Waals surface area contributed by atoms with Crippen molar-refractivity contribution in [2.24, 2.45) is 5.41 Å². The van der Waals surface area contributed by atoms with Gasteiger partial charge >= 0.3 is 0 Å². The molecule has 3 heterocycles. The first kappa shape index (κ1) is 18.6. The zero-order valence-electron chi connectivity index (χ0n) is 16.7. The van der Waals surface area contributed by atoms with Crippen LogP contribution in [0, 0.1) is 5.41 Å². The summed E-state index contributed by atoms with van der Waals surface area (Å²) in [4.78, 5) is 9.17. The van der Waals surface area contributed by atoms with Crippen molar-refractivity contribution in [3.63, 3.8) is 0 Å². The van der Waals surface area contributed by atoms with Crippen LogP contribution < -0.4 is 0 Å². The molecule has 4 rings (SSSR count). The highest BCUT2D eigenvalue weighted by Crippen LogP contribution is 2.31. The SMILES string of the molecule is CN(CC(O)CN1Cc2cnn(-c3ccccn3)c2CC(C)(C)C1)C1CC1. The van der Waals surface area contributed by atoms with Gasteiger partial charge in [0.2, 0.25) is 0 Å². The number of likely N-dealkylation sites (N-methyl/N-ethyl adjacent to an activating group) is 1. The number of nitrogens with zero attached hydrogens (tertiary/aromatic N) is 5. The Hall–Kier alpha value is -1.76. The number of aliphatic hydroxyl groups is 1. The highest BCUT2D eigenvalue weighted by atomic mass is 16.3. The van der Waals surface area contributed by atoms with E-state index < -0.39 is 0 Å². The number of pyridine rings is 1. The fraction of sp³-hybridized carbons (Fsp3) is 0.619. The minimum Gasteiger partial charge on any atom is -0.390 e. The summed E-state index contributed by atoms with van der Waals surface area (Å²) >= 11 is 0. The Labute approximate surface area is 161 Å². The average Bonchev–Trinajstić information content (AvgIpc) is 3.40. The molecule has 1 aliphatic heterocycles. The Morgan fingerprint density at radius 2 is 2.15 bits per heavy atom. The van der Waals surface area contributed by atoms with Crippen LogP contribution in [0.3, 0.4) is 0 Å². The maximum atomic E-state index is 10.6. The van der Waals surface area contributed by atoms with Crippen molar-refractivity contribution in [1.29, 1.82) is 0 Å². The zero-order valence-corrected chi connectivity index (χ0v) is 16.7. The van der Waals surface area contributed by atoms with Gasteiger partial charge in [0.15, 0.2) is 5.82 Å². The average molecular weight is 370 g/mol. The summed E-state index contributed by atoms with van der Waals surface area (Å²) in [6, 6.07) is 6.61. The maximum absolute atomic E-state index is 10.6. The van der Waals surface area contributed by atoms with Gasteiger partial charge in [-0.2, -0.15) is 5.10 Å². The first-order valence-corrected chi connectivity index (χ1v) is 9.99. The third-order valence-electron chi connectivity index (χ3n) is 5.65. The van der Waals surface area contributed by atoms with E-state index in [0.717, 1.165) is 31.9 Å². The van der Waals surface area contributed by atoms with Crippen molar-refractivity contribution in [2.45, 2.75) is 51.8 Å². The molecule has 1 aliphatic carbocycles. The van der Waals surface area contributed by atoms with E-state index in [1.54, 1.807) is 0 Å². The third-order valence-corrected chi connectivity index (χ3v) is 5.65. The van der Waals surface area contributed by atoms with Crippen molar-refractivity contribution in [3.8, 4) is 5.82 Å². The Bertz CT molecular complexity index is 768. The van der Waals surface area contributed by atoms with E-state index in [2.05, 4.69) is 40.8 Å². The number of rotatable bonds is 6. The molecule has 0 bridgehead atoms. The van der Waals surface area contributed by atoms with Crippen molar-refractivity contribution >= 4 is 0 Å².